The molecule has 5 nitrogen and oxygen atoms in total. The summed E-state index contributed by atoms with van der Waals surface area (Å²) in [6.07, 6.45) is 0. The standard InChI is InChI=1S/C11H26N2O3/c1-12-4-8-16-11-7-13(5-9-14-2)6-10-15-3/h12H,4-11H2,1-3H3. The number of hydrogen-bond acceptors (Lipinski definition) is 5. The summed E-state index contributed by atoms with van der Waals surface area (Å²) < 4.78 is 15.6. The average Bonchev–Trinajstić information content (AvgIpc) is 2.31. The van der Waals surface area contributed by atoms with Crippen molar-refractivity contribution in [2.45, 2.75) is 0 Å². The first-order valence-corrected chi connectivity index (χ1v) is 5.77. The molecule has 5 heteroatoms. The van der Waals surface area contributed by atoms with Gasteiger partial charge in [0.1, 0.15) is 0 Å². The van der Waals surface area contributed by atoms with E-state index in [0.29, 0.717) is 0 Å². The summed E-state index contributed by atoms with van der Waals surface area (Å²) in [6, 6.07) is 0. The topological polar surface area (TPSA) is 43.0 Å². The highest BCUT2D eigenvalue weighted by Crippen LogP contribution is 1.89. The third-order valence-electron chi connectivity index (χ3n) is 2.27. The molecule has 0 spiro atoms. The molecule has 0 aromatic heterocycles. The quantitative estimate of drug-likeness (QED) is 0.474. The molecule has 98 valence electrons. The highest BCUT2D eigenvalue weighted by molar-refractivity contribution is 4.56. The maximum absolute atomic E-state index is 5.48. The first-order valence-electron chi connectivity index (χ1n) is 5.77. The average molecular weight is 234 g/mol. The molecule has 0 heterocycles. The molecule has 0 radical (unpaired) electrons. The molecule has 0 aromatic carbocycles. The molecule has 0 rings (SSSR count). The van der Waals surface area contributed by atoms with E-state index in [1.165, 1.54) is 0 Å². The maximum Gasteiger partial charge on any atom is 0.0594 e. The minimum atomic E-state index is 0.750. The molecule has 16 heavy (non-hydrogen) atoms. The van der Waals surface area contributed by atoms with Crippen molar-refractivity contribution in [1.82, 2.24) is 10.2 Å². The van der Waals surface area contributed by atoms with Crippen LogP contribution < -0.4 is 5.32 Å². The summed E-state index contributed by atoms with van der Waals surface area (Å²) >= 11 is 0. The van der Waals surface area contributed by atoms with Crippen molar-refractivity contribution in [1.29, 1.82) is 0 Å². The Kier molecular flexibility index (Phi) is 12.7. The molecular formula is C11H26N2O3. The van der Waals surface area contributed by atoms with Gasteiger partial charge < -0.3 is 19.5 Å². The molecule has 0 saturated carbocycles. The fraction of sp³-hybridized carbons (Fsp3) is 1.00. The molecule has 0 amide bonds. The van der Waals surface area contributed by atoms with Crippen LogP contribution in [0.5, 0.6) is 0 Å². The van der Waals surface area contributed by atoms with Gasteiger partial charge in [0.15, 0.2) is 0 Å². The minimum Gasteiger partial charge on any atom is -0.383 e. The molecule has 0 saturated heterocycles. The van der Waals surface area contributed by atoms with Gasteiger partial charge in [-0.15, -0.1) is 0 Å². The summed E-state index contributed by atoms with van der Waals surface area (Å²) in [5, 5.41) is 3.05. The van der Waals surface area contributed by atoms with Gasteiger partial charge in [-0.1, -0.05) is 0 Å². The van der Waals surface area contributed by atoms with E-state index in [-0.39, 0.29) is 0 Å². The van der Waals surface area contributed by atoms with Gasteiger partial charge in [0, 0.05) is 40.4 Å². The molecule has 0 aliphatic heterocycles. The number of nitrogens with one attached hydrogen (secondary N) is 1. The molecule has 0 aliphatic carbocycles. The largest absolute Gasteiger partial charge is 0.383 e. The van der Waals surface area contributed by atoms with E-state index < -0.39 is 0 Å². The van der Waals surface area contributed by atoms with E-state index in [2.05, 4.69) is 10.2 Å². The zero-order chi connectivity index (χ0) is 12.1. The predicted molar refractivity (Wildman–Crippen MR) is 64.9 cm³/mol. The van der Waals surface area contributed by atoms with E-state index in [4.69, 9.17) is 14.2 Å². The fourth-order valence-electron chi connectivity index (χ4n) is 1.25. The SMILES string of the molecule is CNCCOCCN(CCOC)CCOC. The Bertz CT molecular complexity index is 128. The highest BCUT2D eigenvalue weighted by Gasteiger charge is 2.03. The summed E-state index contributed by atoms with van der Waals surface area (Å²) in [5.74, 6) is 0. The Balaban J connectivity index is 3.48. The van der Waals surface area contributed by atoms with Crippen LogP contribution in [0.2, 0.25) is 0 Å². The van der Waals surface area contributed by atoms with Gasteiger partial charge in [0.25, 0.3) is 0 Å². The van der Waals surface area contributed by atoms with Crippen LogP contribution in [0.1, 0.15) is 0 Å². The second-order valence-electron chi connectivity index (χ2n) is 3.54. The van der Waals surface area contributed by atoms with Crippen molar-refractivity contribution >= 4 is 0 Å². The van der Waals surface area contributed by atoms with Crippen LogP contribution in [0.3, 0.4) is 0 Å². The predicted octanol–water partition coefficient (Wildman–Crippen LogP) is -0.183. The van der Waals surface area contributed by atoms with Gasteiger partial charge in [0.05, 0.1) is 26.4 Å². The lowest BCUT2D eigenvalue weighted by atomic mass is 10.4. The molecule has 0 atom stereocenters. The Morgan fingerprint density at radius 3 is 1.94 bits per heavy atom. The number of ether oxygens (including phenoxy) is 3. The normalized spacial score (nSPS) is 11.2. The van der Waals surface area contributed by atoms with Crippen LogP contribution in [-0.2, 0) is 14.2 Å². The van der Waals surface area contributed by atoms with Gasteiger partial charge in [0.2, 0.25) is 0 Å². The van der Waals surface area contributed by atoms with Crippen molar-refractivity contribution in [3.8, 4) is 0 Å². The summed E-state index contributed by atoms with van der Waals surface area (Å²) in [4.78, 5) is 2.28. The van der Waals surface area contributed by atoms with Crippen LogP contribution in [-0.4, -0.2) is 78.8 Å². The lowest BCUT2D eigenvalue weighted by Gasteiger charge is -2.21. The lowest BCUT2D eigenvalue weighted by molar-refractivity contribution is 0.0741. The van der Waals surface area contributed by atoms with E-state index in [1.807, 2.05) is 7.05 Å². The third-order valence-corrected chi connectivity index (χ3v) is 2.27. The maximum atomic E-state index is 5.48. The van der Waals surface area contributed by atoms with Crippen LogP contribution in [0.15, 0.2) is 0 Å². The summed E-state index contributed by atoms with van der Waals surface area (Å²) in [7, 11) is 5.36. The number of rotatable bonds is 12. The second kappa shape index (κ2) is 12.9. The fourth-order valence-corrected chi connectivity index (χ4v) is 1.25. The molecule has 0 fully saturated rings. The van der Waals surface area contributed by atoms with Crippen LogP contribution in [0, 0.1) is 0 Å². The van der Waals surface area contributed by atoms with Gasteiger partial charge in [-0.25, -0.2) is 0 Å². The highest BCUT2D eigenvalue weighted by atomic mass is 16.5. The van der Waals surface area contributed by atoms with Crippen LogP contribution in [0.25, 0.3) is 0 Å². The molecule has 1 N–H and O–H groups in total. The van der Waals surface area contributed by atoms with Gasteiger partial charge in [-0.2, -0.15) is 0 Å². The summed E-state index contributed by atoms with van der Waals surface area (Å²) in [5.41, 5.74) is 0. The van der Waals surface area contributed by atoms with Crippen molar-refractivity contribution in [3.63, 3.8) is 0 Å². The molecule has 0 bridgehead atoms. The van der Waals surface area contributed by atoms with Crippen molar-refractivity contribution in [2.75, 3.05) is 73.9 Å². The second-order valence-corrected chi connectivity index (χ2v) is 3.54. The van der Waals surface area contributed by atoms with E-state index >= 15 is 0 Å². The van der Waals surface area contributed by atoms with E-state index in [0.717, 1.165) is 52.6 Å². The number of hydrogen-bond donors (Lipinski definition) is 1. The van der Waals surface area contributed by atoms with E-state index in [9.17, 15) is 0 Å². The monoisotopic (exact) mass is 234 g/mol. The van der Waals surface area contributed by atoms with E-state index in [1.54, 1.807) is 14.2 Å². The molecule has 0 aromatic rings. The van der Waals surface area contributed by atoms with Gasteiger partial charge >= 0.3 is 0 Å². The molecular weight excluding hydrogens is 208 g/mol. The van der Waals surface area contributed by atoms with Crippen LogP contribution in [0.4, 0.5) is 0 Å². The first-order chi connectivity index (χ1) is 7.85. The minimum absolute atomic E-state index is 0.750. The number of methoxy groups -OCH3 is 2. The van der Waals surface area contributed by atoms with Crippen LogP contribution >= 0.6 is 0 Å². The van der Waals surface area contributed by atoms with Gasteiger partial charge in [-0.05, 0) is 7.05 Å². The zero-order valence-corrected chi connectivity index (χ0v) is 10.8. The Morgan fingerprint density at radius 2 is 1.44 bits per heavy atom. The summed E-state index contributed by atoms with van der Waals surface area (Å²) in [6.45, 7) is 6.70. The number of nitrogens with zero attached hydrogens (tertiary/aromatic N) is 1. The van der Waals surface area contributed by atoms with Gasteiger partial charge in [-0.3, -0.25) is 4.90 Å². The zero-order valence-electron chi connectivity index (χ0n) is 10.8. The Morgan fingerprint density at radius 1 is 0.875 bits per heavy atom. The smallest absolute Gasteiger partial charge is 0.0594 e. The molecule has 0 aliphatic rings. The van der Waals surface area contributed by atoms with Crippen molar-refractivity contribution in [2.24, 2.45) is 0 Å². The Hall–Kier alpha value is -0.200. The molecule has 0 unspecified atom stereocenters. The Labute approximate surface area is 99.0 Å². The van der Waals surface area contributed by atoms with Crippen molar-refractivity contribution in [3.05, 3.63) is 0 Å². The van der Waals surface area contributed by atoms with Crippen molar-refractivity contribution < 1.29 is 14.2 Å². The first kappa shape index (κ1) is 15.8. The lowest BCUT2D eigenvalue weighted by Crippen LogP contribution is -2.34. The number of likely N-dealkylation sites (N-methyl/N-ethyl adjacent to an activating group) is 1. The third kappa shape index (κ3) is 10.3.